The number of pyridine rings is 2. The van der Waals surface area contributed by atoms with Crippen molar-refractivity contribution in [3.05, 3.63) is 54.0 Å². The molecule has 2 aromatic rings. The second-order valence-corrected chi connectivity index (χ2v) is 4.21. The fourth-order valence-electron chi connectivity index (χ4n) is 1.54. The third-order valence-corrected chi connectivity index (χ3v) is 2.62. The van der Waals surface area contributed by atoms with Crippen molar-refractivity contribution in [2.75, 3.05) is 11.9 Å². The summed E-state index contributed by atoms with van der Waals surface area (Å²) in [7, 11) is 0. The van der Waals surface area contributed by atoms with Crippen molar-refractivity contribution in [2.45, 2.75) is 6.42 Å². The quantitative estimate of drug-likeness (QED) is 0.800. The summed E-state index contributed by atoms with van der Waals surface area (Å²) in [5.74, 6) is 0.774. The first-order chi connectivity index (χ1) is 8.75. The summed E-state index contributed by atoms with van der Waals surface area (Å²) in [6.45, 7) is 0.769. The molecule has 3 N–H and O–H groups in total. The molecule has 0 saturated heterocycles. The number of hydrogen-bond donors (Lipinski definition) is 2. The van der Waals surface area contributed by atoms with E-state index >= 15 is 0 Å². The van der Waals surface area contributed by atoms with Gasteiger partial charge in [-0.3, -0.25) is 4.98 Å². The van der Waals surface area contributed by atoms with Gasteiger partial charge in [0.25, 0.3) is 0 Å². The van der Waals surface area contributed by atoms with Crippen LogP contribution in [0.4, 0.5) is 5.82 Å². The number of rotatable bonds is 5. The van der Waals surface area contributed by atoms with Crippen molar-refractivity contribution in [1.29, 1.82) is 0 Å². The van der Waals surface area contributed by atoms with Gasteiger partial charge in [0.05, 0.1) is 5.69 Å². The standard InChI is InChI=1S/C13H14N4S/c14-13(18)11-5-3-6-12(17-11)16-9-7-10-4-1-2-8-15-10/h1-6,8H,7,9H2,(H2,14,18)(H,16,17). The number of aromatic nitrogens is 2. The van der Waals surface area contributed by atoms with E-state index in [-0.39, 0.29) is 0 Å². The number of nitrogens with two attached hydrogens (primary N) is 1. The molecule has 5 heteroatoms. The predicted molar refractivity (Wildman–Crippen MR) is 76.6 cm³/mol. The largest absolute Gasteiger partial charge is 0.388 e. The summed E-state index contributed by atoms with van der Waals surface area (Å²) < 4.78 is 0. The molecule has 0 spiro atoms. The van der Waals surface area contributed by atoms with Gasteiger partial charge in [-0.15, -0.1) is 0 Å². The highest BCUT2D eigenvalue weighted by Crippen LogP contribution is 2.05. The molecule has 0 saturated carbocycles. The van der Waals surface area contributed by atoms with Gasteiger partial charge < -0.3 is 11.1 Å². The Morgan fingerprint density at radius 3 is 2.83 bits per heavy atom. The van der Waals surface area contributed by atoms with Crippen LogP contribution in [0.2, 0.25) is 0 Å². The van der Waals surface area contributed by atoms with E-state index in [0.29, 0.717) is 10.7 Å². The molecule has 0 aliphatic carbocycles. The van der Waals surface area contributed by atoms with Crippen LogP contribution in [0.15, 0.2) is 42.6 Å². The molecule has 0 aliphatic rings. The molecule has 2 rings (SSSR count). The lowest BCUT2D eigenvalue weighted by atomic mass is 10.2. The van der Waals surface area contributed by atoms with Crippen LogP contribution in [0.1, 0.15) is 11.4 Å². The summed E-state index contributed by atoms with van der Waals surface area (Å²) in [5.41, 5.74) is 7.22. The molecule has 0 aliphatic heterocycles. The first-order valence-corrected chi connectivity index (χ1v) is 6.07. The Morgan fingerprint density at radius 2 is 2.11 bits per heavy atom. The molecule has 0 amide bonds. The Balaban J connectivity index is 1.90. The molecule has 0 bridgehead atoms. The number of nitrogens with one attached hydrogen (secondary N) is 1. The van der Waals surface area contributed by atoms with Crippen LogP contribution in [0, 0.1) is 0 Å². The van der Waals surface area contributed by atoms with Crippen LogP contribution in [0.3, 0.4) is 0 Å². The summed E-state index contributed by atoms with van der Waals surface area (Å²) in [5, 5.41) is 3.22. The Kier molecular flexibility index (Phi) is 4.20. The van der Waals surface area contributed by atoms with Gasteiger partial charge in [0.1, 0.15) is 10.8 Å². The van der Waals surface area contributed by atoms with E-state index in [9.17, 15) is 0 Å². The fourth-order valence-corrected chi connectivity index (χ4v) is 1.65. The van der Waals surface area contributed by atoms with Crippen molar-refractivity contribution in [3.63, 3.8) is 0 Å². The number of thiocarbonyl (C=S) groups is 1. The highest BCUT2D eigenvalue weighted by atomic mass is 32.1. The lowest BCUT2D eigenvalue weighted by molar-refractivity contribution is 0.953. The van der Waals surface area contributed by atoms with Crippen molar-refractivity contribution >= 4 is 23.0 Å². The Hall–Kier alpha value is -2.01. The van der Waals surface area contributed by atoms with E-state index in [1.54, 1.807) is 12.3 Å². The van der Waals surface area contributed by atoms with Gasteiger partial charge in [0, 0.05) is 24.9 Å². The van der Waals surface area contributed by atoms with Gasteiger partial charge in [-0.05, 0) is 24.3 Å². The minimum Gasteiger partial charge on any atom is -0.388 e. The maximum atomic E-state index is 5.53. The van der Waals surface area contributed by atoms with Crippen molar-refractivity contribution in [1.82, 2.24) is 9.97 Å². The van der Waals surface area contributed by atoms with Gasteiger partial charge >= 0.3 is 0 Å². The molecule has 0 unspecified atom stereocenters. The lowest BCUT2D eigenvalue weighted by Gasteiger charge is -2.06. The average molecular weight is 258 g/mol. The topological polar surface area (TPSA) is 63.8 Å². The van der Waals surface area contributed by atoms with Crippen LogP contribution in [0.5, 0.6) is 0 Å². The van der Waals surface area contributed by atoms with Crippen molar-refractivity contribution in [2.24, 2.45) is 5.73 Å². The van der Waals surface area contributed by atoms with E-state index in [1.165, 1.54) is 0 Å². The van der Waals surface area contributed by atoms with E-state index < -0.39 is 0 Å². The smallest absolute Gasteiger partial charge is 0.126 e. The van der Waals surface area contributed by atoms with Crippen molar-refractivity contribution in [3.8, 4) is 0 Å². The minimum absolute atomic E-state index is 0.309. The van der Waals surface area contributed by atoms with Gasteiger partial charge in [0.2, 0.25) is 0 Å². The molecule has 0 atom stereocenters. The Bertz CT molecular complexity index is 528. The summed E-state index contributed by atoms with van der Waals surface area (Å²) in [4.78, 5) is 8.87. The van der Waals surface area contributed by atoms with Crippen LogP contribution < -0.4 is 11.1 Å². The number of anilines is 1. The Morgan fingerprint density at radius 1 is 1.22 bits per heavy atom. The van der Waals surface area contributed by atoms with Crippen molar-refractivity contribution < 1.29 is 0 Å². The van der Waals surface area contributed by atoms with Crippen LogP contribution in [0.25, 0.3) is 0 Å². The SMILES string of the molecule is NC(=S)c1cccc(NCCc2ccccn2)n1. The monoisotopic (exact) mass is 258 g/mol. The van der Waals surface area contributed by atoms with Crippen LogP contribution in [-0.4, -0.2) is 21.5 Å². The first kappa shape index (κ1) is 12.4. The zero-order chi connectivity index (χ0) is 12.8. The normalized spacial score (nSPS) is 10.0. The maximum absolute atomic E-state index is 5.53. The minimum atomic E-state index is 0.309. The summed E-state index contributed by atoms with van der Waals surface area (Å²) >= 11 is 4.89. The van der Waals surface area contributed by atoms with Gasteiger partial charge in [-0.25, -0.2) is 4.98 Å². The highest BCUT2D eigenvalue weighted by molar-refractivity contribution is 7.80. The van der Waals surface area contributed by atoms with Gasteiger partial charge in [0.15, 0.2) is 0 Å². The zero-order valence-electron chi connectivity index (χ0n) is 9.84. The van der Waals surface area contributed by atoms with E-state index in [2.05, 4.69) is 15.3 Å². The molecule has 2 aromatic heterocycles. The number of hydrogen-bond acceptors (Lipinski definition) is 4. The highest BCUT2D eigenvalue weighted by Gasteiger charge is 2.00. The number of nitrogens with zero attached hydrogens (tertiary/aromatic N) is 2. The third-order valence-electron chi connectivity index (χ3n) is 2.41. The van der Waals surface area contributed by atoms with Crippen LogP contribution >= 0.6 is 12.2 Å². The van der Waals surface area contributed by atoms with E-state index in [4.69, 9.17) is 18.0 Å². The lowest BCUT2D eigenvalue weighted by Crippen LogP contribution is -2.13. The second-order valence-electron chi connectivity index (χ2n) is 3.77. The molecule has 2 heterocycles. The molecule has 0 radical (unpaired) electrons. The molecule has 4 nitrogen and oxygen atoms in total. The average Bonchev–Trinajstić information content (AvgIpc) is 2.40. The molecule has 92 valence electrons. The molecule has 0 aromatic carbocycles. The molecular formula is C13H14N4S. The molecular weight excluding hydrogens is 244 g/mol. The second kappa shape index (κ2) is 6.07. The van der Waals surface area contributed by atoms with Gasteiger partial charge in [-0.2, -0.15) is 0 Å². The Labute approximate surface area is 111 Å². The van der Waals surface area contributed by atoms with Crippen LogP contribution in [-0.2, 0) is 6.42 Å². The van der Waals surface area contributed by atoms with E-state index in [1.807, 2.05) is 30.3 Å². The first-order valence-electron chi connectivity index (χ1n) is 5.66. The third kappa shape index (κ3) is 3.49. The fraction of sp³-hybridized carbons (Fsp3) is 0.154. The maximum Gasteiger partial charge on any atom is 0.126 e. The summed E-state index contributed by atoms with van der Waals surface area (Å²) in [6.07, 6.45) is 2.64. The molecule has 0 fully saturated rings. The molecule has 18 heavy (non-hydrogen) atoms. The zero-order valence-corrected chi connectivity index (χ0v) is 10.7. The summed E-state index contributed by atoms with van der Waals surface area (Å²) in [6, 6.07) is 11.5. The van der Waals surface area contributed by atoms with Gasteiger partial charge in [-0.1, -0.05) is 24.4 Å². The predicted octanol–water partition coefficient (Wildman–Crippen LogP) is 1.77. The van der Waals surface area contributed by atoms with E-state index in [0.717, 1.165) is 24.5 Å².